The lowest BCUT2D eigenvalue weighted by Gasteiger charge is -2.20. The van der Waals surface area contributed by atoms with Crippen LogP contribution in [0.2, 0.25) is 0 Å². The average molecular weight is 283 g/mol. The lowest BCUT2D eigenvalue weighted by Crippen LogP contribution is -2.32. The summed E-state index contributed by atoms with van der Waals surface area (Å²) in [5.41, 5.74) is 2.66. The molecule has 2 rings (SSSR count). The number of anilines is 1. The van der Waals surface area contributed by atoms with Crippen molar-refractivity contribution < 1.29 is 18.3 Å². The number of carboxylic acids is 1. The van der Waals surface area contributed by atoms with Gasteiger partial charge in [-0.1, -0.05) is 12.1 Å². The maximum absolute atomic E-state index is 11.9. The van der Waals surface area contributed by atoms with Gasteiger partial charge in [0.1, 0.15) is 0 Å². The molecule has 0 bridgehead atoms. The van der Waals surface area contributed by atoms with Crippen LogP contribution in [0, 0.1) is 0 Å². The maximum atomic E-state index is 11.9. The van der Waals surface area contributed by atoms with E-state index < -0.39 is 21.2 Å². The first-order valence-corrected chi connectivity index (χ1v) is 7.81. The van der Waals surface area contributed by atoms with Gasteiger partial charge in [0, 0.05) is 0 Å². The zero-order valence-electron chi connectivity index (χ0n) is 10.7. The van der Waals surface area contributed by atoms with E-state index >= 15 is 0 Å². The van der Waals surface area contributed by atoms with Crippen molar-refractivity contribution in [3.63, 3.8) is 0 Å². The fourth-order valence-corrected chi connectivity index (χ4v) is 3.19. The molecule has 0 heterocycles. The van der Waals surface area contributed by atoms with Gasteiger partial charge in [0.25, 0.3) is 0 Å². The smallest absolute Gasteiger partial charge is 0.323 e. The number of nitrogens with one attached hydrogen (secondary N) is 1. The van der Waals surface area contributed by atoms with Crippen LogP contribution in [0.3, 0.4) is 0 Å². The fraction of sp³-hybridized carbons (Fsp3) is 0.462. The van der Waals surface area contributed by atoms with Crippen molar-refractivity contribution in [3.05, 3.63) is 29.3 Å². The van der Waals surface area contributed by atoms with Crippen molar-refractivity contribution in [1.82, 2.24) is 0 Å². The summed E-state index contributed by atoms with van der Waals surface area (Å²) in [6, 6.07) is 5.48. The van der Waals surface area contributed by atoms with Crippen LogP contribution < -0.4 is 4.72 Å². The van der Waals surface area contributed by atoms with Crippen LogP contribution in [-0.2, 0) is 27.7 Å². The highest BCUT2D eigenvalue weighted by Crippen LogP contribution is 2.28. The molecule has 0 aliphatic heterocycles. The normalized spacial score (nSPS) is 16.5. The van der Waals surface area contributed by atoms with Gasteiger partial charge in [0.05, 0.1) is 5.69 Å². The summed E-state index contributed by atoms with van der Waals surface area (Å²) >= 11 is 0. The van der Waals surface area contributed by atoms with Crippen LogP contribution in [-0.4, -0.2) is 24.7 Å². The predicted molar refractivity (Wildman–Crippen MR) is 72.7 cm³/mol. The molecule has 1 aliphatic carbocycles. The van der Waals surface area contributed by atoms with E-state index in [1.54, 1.807) is 12.1 Å². The van der Waals surface area contributed by atoms with Gasteiger partial charge < -0.3 is 5.11 Å². The minimum absolute atomic E-state index is 0.519. The SMILES string of the molecule is CC(C(=O)O)S(=O)(=O)Nc1cccc2c1CCCC2. The Balaban J connectivity index is 2.32. The first-order chi connectivity index (χ1) is 8.92. The molecule has 1 aromatic rings. The van der Waals surface area contributed by atoms with Gasteiger partial charge >= 0.3 is 5.97 Å². The van der Waals surface area contributed by atoms with Crippen molar-refractivity contribution in [1.29, 1.82) is 0 Å². The standard InChI is InChI=1S/C13H17NO4S/c1-9(13(15)16)19(17,18)14-12-8-4-6-10-5-2-3-7-11(10)12/h4,6,8-9,14H,2-3,5,7H2,1H3,(H,15,16). The number of rotatable bonds is 4. The van der Waals surface area contributed by atoms with Crippen LogP contribution in [0.4, 0.5) is 5.69 Å². The maximum Gasteiger partial charge on any atom is 0.323 e. The molecule has 0 amide bonds. The first kappa shape index (κ1) is 13.9. The molecular weight excluding hydrogens is 266 g/mol. The Morgan fingerprint density at radius 3 is 2.68 bits per heavy atom. The van der Waals surface area contributed by atoms with E-state index in [4.69, 9.17) is 5.11 Å². The molecule has 5 nitrogen and oxygen atoms in total. The van der Waals surface area contributed by atoms with Crippen molar-refractivity contribution >= 4 is 21.7 Å². The van der Waals surface area contributed by atoms with Gasteiger partial charge in [-0.2, -0.15) is 0 Å². The van der Waals surface area contributed by atoms with Crippen LogP contribution in [0.5, 0.6) is 0 Å². The second-order valence-electron chi connectivity index (χ2n) is 4.78. The minimum Gasteiger partial charge on any atom is -0.480 e. The molecule has 2 N–H and O–H groups in total. The quantitative estimate of drug-likeness (QED) is 0.882. The average Bonchev–Trinajstić information content (AvgIpc) is 2.38. The topological polar surface area (TPSA) is 83.5 Å². The highest BCUT2D eigenvalue weighted by atomic mass is 32.2. The molecule has 0 aromatic heterocycles. The Hall–Kier alpha value is -1.56. The first-order valence-electron chi connectivity index (χ1n) is 6.27. The summed E-state index contributed by atoms with van der Waals surface area (Å²) in [6.07, 6.45) is 3.91. The number of benzene rings is 1. The highest BCUT2D eigenvalue weighted by molar-refractivity contribution is 7.94. The summed E-state index contributed by atoms with van der Waals surface area (Å²) in [5.74, 6) is -1.35. The third-order valence-corrected chi connectivity index (χ3v) is 5.10. The molecule has 1 atom stereocenters. The van der Waals surface area contributed by atoms with E-state index in [-0.39, 0.29) is 0 Å². The van der Waals surface area contributed by atoms with Gasteiger partial charge in [0.2, 0.25) is 10.0 Å². The third kappa shape index (κ3) is 2.89. The number of hydrogen-bond acceptors (Lipinski definition) is 3. The number of hydrogen-bond donors (Lipinski definition) is 2. The third-order valence-electron chi connectivity index (χ3n) is 3.46. The lowest BCUT2D eigenvalue weighted by atomic mass is 9.91. The van der Waals surface area contributed by atoms with E-state index in [0.29, 0.717) is 5.69 Å². The molecule has 0 radical (unpaired) electrons. The molecule has 0 fully saturated rings. The Kier molecular flexibility index (Phi) is 3.80. The summed E-state index contributed by atoms with van der Waals surface area (Å²) < 4.78 is 26.3. The molecule has 1 aromatic carbocycles. The Morgan fingerprint density at radius 2 is 2.00 bits per heavy atom. The molecule has 1 aliphatic rings. The summed E-state index contributed by atoms with van der Waals surface area (Å²) in [6.45, 7) is 1.17. The number of aliphatic carboxylic acids is 1. The predicted octanol–water partition coefficient (Wildman–Crippen LogP) is 1.78. The largest absolute Gasteiger partial charge is 0.480 e. The second kappa shape index (κ2) is 5.21. The van der Waals surface area contributed by atoms with Crippen molar-refractivity contribution in [2.75, 3.05) is 4.72 Å². The number of aryl methyl sites for hydroxylation is 1. The number of sulfonamides is 1. The van der Waals surface area contributed by atoms with Gasteiger partial charge in [-0.05, 0) is 49.8 Å². The van der Waals surface area contributed by atoms with E-state index in [9.17, 15) is 13.2 Å². The van der Waals surface area contributed by atoms with Gasteiger partial charge in [-0.3, -0.25) is 9.52 Å². The fourth-order valence-electron chi connectivity index (χ4n) is 2.25. The van der Waals surface area contributed by atoms with Gasteiger partial charge in [-0.15, -0.1) is 0 Å². The molecular formula is C13H17NO4S. The number of carboxylic acid groups (broad SMARTS) is 1. The zero-order valence-corrected chi connectivity index (χ0v) is 11.5. The van der Waals surface area contributed by atoms with Crippen molar-refractivity contribution in [2.45, 2.75) is 37.9 Å². The molecule has 1 unspecified atom stereocenters. The second-order valence-corrected chi connectivity index (χ2v) is 6.78. The van der Waals surface area contributed by atoms with Crippen molar-refractivity contribution in [2.24, 2.45) is 0 Å². The molecule has 19 heavy (non-hydrogen) atoms. The van der Waals surface area contributed by atoms with E-state index in [1.165, 1.54) is 6.92 Å². The van der Waals surface area contributed by atoms with Crippen LogP contribution in [0.15, 0.2) is 18.2 Å². The molecule has 0 saturated heterocycles. The van der Waals surface area contributed by atoms with Gasteiger partial charge in [0.15, 0.2) is 5.25 Å². The van der Waals surface area contributed by atoms with Crippen LogP contribution >= 0.6 is 0 Å². The lowest BCUT2D eigenvalue weighted by molar-refractivity contribution is -0.136. The molecule has 104 valence electrons. The van der Waals surface area contributed by atoms with E-state index in [1.807, 2.05) is 6.07 Å². The molecule has 0 saturated carbocycles. The summed E-state index contributed by atoms with van der Waals surface area (Å²) in [5, 5.41) is 7.35. The minimum atomic E-state index is -3.90. The highest BCUT2D eigenvalue weighted by Gasteiger charge is 2.28. The summed E-state index contributed by atoms with van der Waals surface area (Å²) in [4.78, 5) is 10.8. The molecule has 6 heteroatoms. The Labute approximate surface area is 112 Å². The monoisotopic (exact) mass is 283 g/mol. The van der Waals surface area contributed by atoms with E-state index in [2.05, 4.69) is 4.72 Å². The zero-order chi connectivity index (χ0) is 14.0. The Bertz CT molecular complexity index is 595. The van der Waals surface area contributed by atoms with Crippen molar-refractivity contribution in [3.8, 4) is 0 Å². The number of carbonyl (C=O) groups is 1. The Morgan fingerprint density at radius 1 is 1.32 bits per heavy atom. The van der Waals surface area contributed by atoms with Gasteiger partial charge in [-0.25, -0.2) is 8.42 Å². The number of fused-ring (bicyclic) bond motifs is 1. The van der Waals surface area contributed by atoms with E-state index in [0.717, 1.165) is 36.8 Å². The molecule has 0 spiro atoms. The summed E-state index contributed by atoms with van der Waals surface area (Å²) in [7, 11) is -3.90. The van der Waals surface area contributed by atoms with Crippen LogP contribution in [0.1, 0.15) is 30.9 Å². The van der Waals surface area contributed by atoms with Crippen LogP contribution in [0.25, 0.3) is 0 Å².